The van der Waals surface area contributed by atoms with Gasteiger partial charge in [0.05, 0.1) is 0 Å². The first-order chi connectivity index (χ1) is 8.99. The summed E-state index contributed by atoms with van der Waals surface area (Å²) in [6.45, 7) is 6.81. The van der Waals surface area contributed by atoms with E-state index in [0.717, 1.165) is 6.42 Å². The molecule has 3 atom stereocenters. The zero-order valence-corrected chi connectivity index (χ0v) is 13.9. The Kier molecular flexibility index (Phi) is 5.07. The van der Waals surface area contributed by atoms with Gasteiger partial charge in [-0.15, -0.1) is 0 Å². The van der Waals surface area contributed by atoms with Crippen LogP contribution in [0.5, 0.6) is 5.88 Å². The van der Waals surface area contributed by atoms with Crippen LogP contribution in [0.4, 0.5) is 0 Å². The highest BCUT2D eigenvalue weighted by atomic mass is 79.9. The van der Waals surface area contributed by atoms with Crippen molar-refractivity contribution in [2.75, 3.05) is 0 Å². The van der Waals surface area contributed by atoms with Crippen molar-refractivity contribution in [3.8, 4) is 5.88 Å². The molecule has 1 fully saturated rings. The van der Waals surface area contributed by atoms with Gasteiger partial charge in [-0.05, 0) is 46.5 Å². The van der Waals surface area contributed by atoms with Gasteiger partial charge in [0, 0.05) is 0 Å². The molecule has 0 saturated heterocycles. The molecule has 0 aromatic carbocycles. The first-order valence-corrected chi connectivity index (χ1v) is 7.98. The smallest absolute Gasteiger partial charge is 0.232 e. The molecule has 1 aliphatic carbocycles. The number of aromatic nitrogens is 2. The molecule has 106 valence electrons. The molecule has 2 rings (SSSR count). The van der Waals surface area contributed by atoms with Crippen molar-refractivity contribution in [1.82, 2.24) is 9.97 Å². The van der Waals surface area contributed by atoms with Gasteiger partial charge in [0.25, 0.3) is 0 Å². The minimum absolute atomic E-state index is 0.214. The van der Waals surface area contributed by atoms with Crippen molar-refractivity contribution in [3.05, 3.63) is 16.0 Å². The summed E-state index contributed by atoms with van der Waals surface area (Å²) in [7, 11) is 0. The number of rotatable bonds is 3. The molecule has 19 heavy (non-hydrogen) atoms. The maximum atomic E-state index is 6.13. The van der Waals surface area contributed by atoms with Crippen molar-refractivity contribution in [2.24, 2.45) is 17.8 Å². The summed E-state index contributed by atoms with van der Waals surface area (Å²) < 4.78 is 6.78. The Hall–Kier alpha value is -0.350. The van der Waals surface area contributed by atoms with E-state index < -0.39 is 0 Å². The third-order valence-corrected chi connectivity index (χ3v) is 5.17. The van der Waals surface area contributed by atoms with Gasteiger partial charge in [0.15, 0.2) is 5.15 Å². The molecule has 1 heterocycles. The summed E-state index contributed by atoms with van der Waals surface area (Å²) in [4.78, 5) is 8.12. The fraction of sp³-hybridized carbons (Fsp3) is 0.714. The van der Waals surface area contributed by atoms with Crippen molar-refractivity contribution in [2.45, 2.75) is 46.1 Å². The Morgan fingerprint density at radius 3 is 2.79 bits per heavy atom. The van der Waals surface area contributed by atoms with E-state index in [1.54, 1.807) is 0 Å². The van der Waals surface area contributed by atoms with E-state index >= 15 is 0 Å². The van der Waals surface area contributed by atoms with Gasteiger partial charge in [-0.2, -0.15) is 0 Å². The summed E-state index contributed by atoms with van der Waals surface area (Å²) >= 11 is 9.38. The van der Waals surface area contributed by atoms with Crippen LogP contribution in [0.1, 0.15) is 40.0 Å². The van der Waals surface area contributed by atoms with Crippen LogP contribution in [-0.2, 0) is 0 Å². The zero-order chi connectivity index (χ0) is 14.0. The van der Waals surface area contributed by atoms with E-state index in [2.05, 4.69) is 46.7 Å². The zero-order valence-electron chi connectivity index (χ0n) is 11.6. The second-order valence-electron chi connectivity index (χ2n) is 5.77. The fourth-order valence-electron chi connectivity index (χ4n) is 2.81. The summed E-state index contributed by atoms with van der Waals surface area (Å²) in [5.41, 5.74) is 0. The predicted octanol–water partition coefficient (Wildman–Crippen LogP) is 4.73. The minimum atomic E-state index is 0.214. The van der Waals surface area contributed by atoms with Gasteiger partial charge in [-0.3, -0.25) is 0 Å². The monoisotopic (exact) mass is 346 g/mol. The largest absolute Gasteiger partial charge is 0.473 e. The Bertz CT molecular complexity index is 441. The number of ether oxygens (including phenoxy) is 1. The highest BCUT2D eigenvalue weighted by Gasteiger charge is 2.33. The molecule has 0 aliphatic heterocycles. The SMILES string of the molecule is CC1CCC(C(C)C)C(Oc2ncnc(Cl)c2Br)C1. The maximum Gasteiger partial charge on any atom is 0.232 e. The molecule has 0 spiro atoms. The van der Waals surface area contributed by atoms with Crippen molar-refractivity contribution in [1.29, 1.82) is 0 Å². The van der Waals surface area contributed by atoms with Crippen molar-refractivity contribution < 1.29 is 4.74 Å². The highest BCUT2D eigenvalue weighted by molar-refractivity contribution is 9.10. The second kappa shape index (κ2) is 6.40. The predicted molar refractivity (Wildman–Crippen MR) is 80.5 cm³/mol. The molecule has 1 aromatic rings. The molecule has 0 amide bonds. The van der Waals surface area contributed by atoms with Gasteiger partial charge in [-0.1, -0.05) is 38.8 Å². The van der Waals surface area contributed by atoms with E-state index in [1.807, 2.05) is 0 Å². The van der Waals surface area contributed by atoms with Gasteiger partial charge in [0.2, 0.25) is 5.88 Å². The maximum absolute atomic E-state index is 6.13. The highest BCUT2D eigenvalue weighted by Crippen LogP contribution is 2.37. The van der Waals surface area contributed by atoms with Crippen LogP contribution < -0.4 is 4.74 Å². The standard InChI is InChI=1S/C14H20BrClN2O/c1-8(2)10-5-4-9(3)6-11(10)19-14-12(15)13(16)17-7-18-14/h7-11H,4-6H2,1-3H3. The van der Waals surface area contributed by atoms with E-state index in [1.165, 1.54) is 19.2 Å². The molecule has 0 N–H and O–H groups in total. The van der Waals surface area contributed by atoms with Crippen LogP contribution in [0.25, 0.3) is 0 Å². The summed E-state index contributed by atoms with van der Waals surface area (Å²) in [5.74, 6) is 2.46. The molecule has 1 aliphatic rings. The van der Waals surface area contributed by atoms with Crippen LogP contribution in [0.15, 0.2) is 10.8 Å². The number of halogens is 2. The molecule has 0 bridgehead atoms. The van der Waals surface area contributed by atoms with Crippen LogP contribution in [0, 0.1) is 17.8 Å². The van der Waals surface area contributed by atoms with E-state index in [4.69, 9.17) is 16.3 Å². The molecule has 1 saturated carbocycles. The van der Waals surface area contributed by atoms with Crippen molar-refractivity contribution in [3.63, 3.8) is 0 Å². The molecular weight excluding hydrogens is 328 g/mol. The second-order valence-corrected chi connectivity index (χ2v) is 6.92. The summed E-state index contributed by atoms with van der Waals surface area (Å²) in [5, 5.41) is 0.398. The lowest BCUT2D eigenvalue weighted by molar-refractivity contribution is 0.0419. The average molecular weight is 348 g/mol. The molecular formula is C14H20BrClN2O. The Balaban J connectivity index is 2.16. The molecule has 3 unspecified atom stereocenters. The molecule has 1 aromatic heterocycles. The van der Waals surface area contributed by atoms with Crippen LogP contribution in [0.3, 0.4) is 0 Å². The fourth-order valence-corrected chi connectivity index (χ4v) is 3.23. The van der Waals surface area contributed by atoms with Crippen LogP contribution in [-0.4, -0.2) is 16.1 Å². The van der Waals surface area contributed by atoms with Crippen LogP contribution >= 0.6 is 27.5 Å². The Morgan fingerprint density at radius 2 is 2.11 bits per heavy atom. The first-order valence-electron chi connectivity index (χ1n) is 6.81. The van der Waals surface area contributed by atoms with Gasteiger partial charge >= 0.3 is 0 Å². The van der Waals surface area contributed by atoms with Gasteiger partial charge in [0.1, 0.15) is 16.9 Å². The topological polar surface area (TPSA) is 35.0 Å². The number of hydrogen-bond donors (Lipinski definition) is 0. The number of nitrogens with zero attached hydrogens (tertiary/aromatic N) is 2. The van der Waals surface area contributed by atoms with Gasteiger partial charge in [-0.25, -0.2) is 9.97 Å². The van der Waals surface area contributed by atoms with Crippen LogP contribution in [0.2, 0.25) is 5.15 Å². The normalized spacial score (nSPS) is 27.6. The lowest BCUT2D eigenvalue weighted by atomic mass is 9.75. The number of hydrogen-bond acceptors (Lipinski definition) is 3. The molecule has 3 nitrogen and oxygen atoms in total. The Morgan fingerprint density at radius 1 is 1.37 bits per heavy atom. The van der Waals surface area contributed by atoms with Crippen molar-refractivity contribution >= 4 is 27.5 Å². The molecule has 5 heteroatoms. The van der Waals surface area contributed by atoms with E-state index in [9.17, 15) is 0 Å². The summed E-state index contributed by atoms with van der Waals surface area (Å²) in [6, 6.07) is 0. The van der Waals surface area contributed by atoms with E-state index in [0.29, 0.717) is 33.3 Å². The third-order valence-electron chi connectivity index (χ3n) is 3.94. The summed E-state index contributed by atoms with van der Waals surface area (Å²) in [6.07, 6.45) is 5.25. The molecule has 0 radical (unpaired) electrons. The van der Waals surface area contributed by atoms with Gasteiger partial charge < -0.3 is 4.74 Å². The average Bonchev–Trinajstić information content (AvgIpc) is 2.35. The Labute approximate surface area is 128 Å². The lowest BCUT2D eigenvalue weighted by Gasteiger charge is -2.37. The first kappa shape index (κ1) is 15.0. The quantitative estimate of drug-likeness (QED) is 0.741. The third kappa shape index (κ3) is 3.60. The van der Waals surface area contributed by atoms with E-state index in [-0.39, 0.29) is 6.10 Å². The minimum Gasteiger partial charge on any atom is -0.473 e. The lowest BCUT2D eigenvalue weighted by Crippen LogP contribution is -2.36.